The molecule has 0 spiro atoms. The first-order valence-electron chi connectivity index (χ1n) is 7.33. The summed E-state index contributed by atoms with van der Waals surface area (Å²) in [7, 11) is 0. The smallest absolute Gasteiger partial charge is 0.150 e. The highest BCUT2D eigenvalue weighted by molar-refractivity contribution is 5.87. The quantitative estimate of drug-likeness (QED) is 0.756. The number of rotatable bonds is 3. The van der Waals surface area contributed by atoms with Crippen LogP contribution in [0.2, 0.25) is 0 Å². The van der Waals surface area contributed by atoms with E-state index in [9.17, 15) is 4.79 Å². The van der Waals surface area contributed by atoms with Crippen molar-refractivity contribution in [3.05, 3.63) is 34.9 Å². The van der Waals surface area contributed by atoms with Gasteiger partial charge in [0, 0.05) is 23.4 Å². The summed E-state index contributed by atoms with van der Waals surface area (Å²) in [6.45, 7) is 14.2. The minimum atomic E-state index is 0.0104. The zero-order valence-corrected chi connectivity index (χ0v) is 13.4. The number of carbonyl (C=O) groups excluding carboxylic acids is 1. The number of anilines is 1. The van der Waals surface area contributed by atoms with Crippen molar-refractivity contribution >= 4 is 17.5 Å². The normalized spacial score (nSPS) is 16.9. The molecule has 0 aliphatic carbocycles. The van der Waals surface area contributed by atoms with Gasteiger partial charge in [-0.1, -0.05) is 19.9 Å². The first kappa shape index (κ1) is 14.8. The molecule has 20 heavy (non-hydrogen) atoms. The van der Waals surface area contributed by atoms with Crippen LogP contribution >= 0.6 is 0 Å². The number of aryl methyl sites for hydroxylation is 1. The topological polar surface area (TPSA) is 20.3 Å². The van der Waals surface area contributed by atoms with Crippen molar-refractivity contribution in [2.75, 3.05) is 11.4 Å². The largest absolute Gasteiger partial charge is 0.362 e. The van der Waals surface area contributed by atoms with Gasteiger partial charge < -0.3 is 4.90 Å². The van der Waals surface area contributed by atoms with Gasteiger partial charge in [-0.15, -0.1) is 0 Å². The van der Waals surface area contributed by atoms with Crippen LogP contribution in [0.5, 0.6) is 0 Å². The lowest BCUT2D eigenvalue weighted by atomic mass is 9.86. The number of allylic oxidation sites excluding steroid dienone is 1. The van der Waals surface area contributed by atoms with Gasteiger partial charge in [0.15, 0.2) is 0 Å². The summed E-state index contributed by atoms with van der Waals surface area (Å²) in [6.07, 6.45) is 3.26. The molecule has 2 rings (SSSR count). The van der Waals surface area contributed by atoms with Crippen molar-refractivity contribution in [1.82, 2.24) is 0 Å². The maximum absolute atomic E-state index is 11.2. The Balaban J connectivity index is 2.63. The Morgan fingerprint density at radius 1 is 1.25 bits per heavy atom. The van der Waals surface area contributed by atoms with Crippen LogP contribution in [0.3, 0.4) is 0 Å². The maximum Gasteiger partial charge on any atom is 0.150 e. The van der Waals surface area contributed by atoms with Crippen molar-refractivity contribution < 1.29 is 4.79 Å². The SMILES string of the molecule is CC1=CC(C)(C)N(CC(C)C)c2cc(C)c(C=O)cc21. The standard InChI is InChI=1S/C18H25NO/c1-12(2)10-19-17-7-13(3)15(11-20)8-16(17)14(4)9-18(19,5)6/h7-9,11-12H,10H2,1-6H3. The Bertz CT molecular complexity index is 567. The van der Waals surface area contributed by atoms with Gasteiger partial charge in [-0.3, -0.25) is 4.79 Å². The van der Waals surface area contributed by atoms with E-state index >= 15 is 0 Å². The fourth-order valence-electron chi connectivity index (χ4n) is 3.07. The van der Waals surface area contributed by atoms with Gasteiger partial charge >= 0.3 is 0 Å². The zero-order chi connectivity index (χ0) is 15.1. The highest BCUT2D eigenvalue weighted by Crippen LogP contribution is 2.40. The third-order valence-electron chi connectivity index (χ3n) is 4.04. The number of hydrogen-bond acceptors (Lipinski definition) is 2. The predicted molar refractivity (Wildman–Crippen MR) is 86.5 cm³/mol. The van der Waals surface area contributed by atoms with E-state index in [0.29, 0.717) is 5.92 Å². The lowest BCUT2D eigenvalue weighted by Gasteiger charge is -2.44. The molecule has 1 heterocycles. The van der Waals surface area contributed by atoms with Gasteiger partial charge in [0.2, 0.25) is 0 Å². The van der Waals surface area contributed by atoms with Crippen molar-refractivity contribution in [3.63, 3.8) is 0 Å². The van der Waals surface area contributed by atoms with Gasteiger partial charge in [0.05, 0.1) is 5.54 Å². The Labute approximate surface area is 122 Å². The van der Waals surface area contributed by atoms with Gasteiger partial charge in [0.25, 0.3) is 0 Å². The second-order valence-corrected chi connectivity index (χ2v) is 6.83. The maximum atomic E-state index is 11.2. The summed E-state index contributed by atoms with van der Waals surface area (Å²) >= 11 is 0. The van der Waals surface area contributed by atoms with E-state index in [1.165, 1.54) is 16.8 Å². The van der Waals surface area contributed by atoms with E-state index in [1.54, 1.807) is 0 Å². The molecule has 108 valence electrons. The lowest BCUT2D eigenvalue weighted by molar-refractivity contribution is 0.112. The first-order chi connectivity index (χ1) is 9.26. The number of benzene rings is 1. The van der Waals surface area contributed by atoms with E-state index in [1.807, 2.05) is 13.0 Å². The molecule has 0 amide bonds. The zero-order valence-electron chi connectivity index (χ0n) is 13.4. The summed E-state index contributed by atoms with van der Waals surface area (Å²) in [4.78, 5) is 13.6. The fraction of sp³-hybridized carbons (Fsp3) is 0.500. The molecule has 0 aromatic heterocycles. The number of hydrogen-bond donors (Lipinski definition) is 0. The van der Waals surface area contributed by atoms with Gasteiger partial charge in [0.1, 0.15) is 6.29 Å². The molecule has 1 aromatic rings. The first-order valence-corrected chi connectivity index (χ1v) is 7.33. The summed E-state index contributed by atoms with van der Waals surface area (Å²) in [6, 6.07) is 4.20. The van der Waals surface area contributed by atoms with E-state index in [2.05, 4.69) is 51.7 Å². The second-order valence-electron chi connectivity index (χ2n) is 6.83. The monoisotopic (exact) mass is 271 g/mol. The molecule has 0 saturated carbocycles. The lowest BCUT2D eigenvalue weighted by Crippen LogP contribution is -2.47. The van der Waals surface area contributed by atoms with Crippen LogP contribution in [0, 0.1) is 12.8 Å². The summed E-state index contributed by atoms with van der Waals surface area (Å²) in [5.41, 5.74) is 5.56. The molecule has 0 atom stereocenters. The van der Waals surface area contributed by atoms with Crippen LogP contribution in [-0.4, -0.2) is 18.4 Å². The van der Waals surface area contributed by atoms with Crippen LogP contribution in [0.15, 0.2) is 18.2 Å². The number of nitrogens with zero attached hydrogens (tertiary/aromatic N) is 1. The van der Waals surface area contributed by atoms with Crippen molar-refractivity contribution in [3.8, 4) is 0 Å². The van der Waals surface area contributed by atoms with Crippen LogP contribution in [0.1, 0.15) is 56.1 Å². The summed E-state index contributed by atoms with van der Waals surface area (Å²) in [5.74, 6) is 0.597. The van der Waals surface area contributed by atoms with Gasteiger partial charge in [-0.05, 0) is 56.9 Å². The van der Waals surface area contributed by atoms with Crippen LogP contribution in [0.25, 0.3) is 5.57 Å². The molecule has 0 unspecified atom stereocenters. The van der Waals surface area contributed by atoms with E-state index in [0.717, 1.165) is 24.0 Å². The number of carbonyl (C=O) groups is 1. The molecule has 0 radical (unpaired) electrons. The number of fused-ring (bicyclic) bond motifs is 1. The molecule has 1 aliphatic heterocycles. The Kier molecular flexibility index (Phi) is 3.77. The predicted octanol–water partition coefficient (Wildman–Crippen LogP) is 4.47. The van der Waals surface area contributed by atoms with E-state index in [-0.39, 0.29) is 5.54 Å². The van der Waals surface area contributed by atoms with Crippen molar-refractivity contribution in [2.24, 2.45) is 5.92 Å². The highest BCUT2D eigenvalue weighted by Gasteiger charge is 2.31. The molecule has 1 aliphatic rings. The fourth-order valence-corrected chi connectivity index (χ4v) is 3.07. The molecule has 2 heteroatoms. The molecule has 0 saturated heterocycles. The average Bonchev–Trinajstić information content (AvgIpc) is 2.33. The van der Waals surface area contributed by atoms with E-state index < -0.39 is 0 Å². The van der Waals surface area contributed by atoms with Gasteiger partial charge in [-0.25, -0.2) is 0 Å². The third kappa shape index (κ3) is 2.52. The van der Waals surface area contributed by atoms with Crippen LogP contribution in [0.4, 0.5) is 5.69 Å². The molecule has 0 fully saturated rings. The molecule has 0 N–H and O–H groups in total. The van der Waals surface area contributed by atoms with E-state index in [4.69, 9.17) is 0 Å². The number of aldehydes is 1. The molecule has 1 aromatic carbocycles. The molecule has 0 bridgehead atoms. The van der Waals surface area contributed by atoms with Crippen LogP contribution < -0.4 is 4.90 Å². The average molecular weight is 271 g/mol. The minimum Gasteiger partial charge on any atom is -0.362 e. The third-order valence-corrected chi connectivity index (χ3v) is 4.04. The minimum absolute atomic E-state index is 0.0104. The van der Waals surface area contributed by atoms with Crippen molar-refractivity contribution in [2.45, 2.75) is 47.1 Å². The second kappa shape index (κ2) is 5.08. The summed E-state index contributed by atoms with van der Waals surface area (Å²) in [5, 5.41) is 0. The molecule has 2 nitrogen and oxygen atoms in total. The van der Waals surface area contributed by atoms with Crippen molar-refractivity contribution in [1.29, 1.82) is 0 Å². The Hall–Kier alpha value is -1.57. The highest BCUT2D eigenvalue weighted by atomic mass is 16.1. The Morgan fingerprint density at radius 3 is 2.45 bits per heavy atom. The Morgan fingerprint density at radius 2 is 1.90 bits per heavy atom. The van der Waals surface area contributed by atoms with Crippen LogP contribution in [-0.2, 0) is 0 Å². The molecular formula is C18H25NO. The molecular weight excluding hydrogens is 246 g/mol. The summed E-state index contributed by atoms with van der Waals surface area (Å²) < 4.78 is 0. The van der Waals surface area contributed by atoms with Gasteiger partial charge in [-0.2, -0.15) is 0 Å².